The number of fused-ring (bicyclic) bond motifs is 1. The van der Waals surface area contributed by atoms with Crippen LogP contribution in [-0.2, 0) is 20.8 Å². The van der Waals surface area contributed by atoms with Gasteiger partial charge in [-0.2, -0.15) is 0 Å². The number of hydrogen-bond acceptors (Lipinski definition) is 8. The molecule has 36 heavy (non-hydrogen) atoms. The molecule has 0 saturated carbocycles. The molecule has 1 N–H and O–H groups in total. The zero-order valence-electron chi connectivity index (χ0n) is 21.2. The number of hydrogen-bond donors (Lipinski definition) is 1. The van der Waals surface area contributed by atoms with Crippen molar-refractivity contribution in [2.75, 3.05) is 26.3 Å². The molecule has 2 aliphatic heterocycles. The molecule has 2 aromatic heterocycles. The molecular weight excluding hydrogens is 460 g/mol. The van der Waals surface area contributed by atoms with Gasteiger partial charge in [-0.25, -0.2) is 4.68 Å². The molecule has 0 amide bonds. The molecule has 10 nitrogen and oxygen atoms in total. The summed E-state index contributed by atoms with van der Waals surface area (Å²) < 4.78 is 12.9. The molecule has 2 unspecified atom stereocenters. The van der Waals surface area contributed by atoms with Gasteiger partial charge in [0.2, 0.25) is 0 Å². The summed E-state index contributed by atoms with van der Waals surface area (Å²) in [5.74, 6) is 0.338. The molecule has 0 aliphatic carbocycles. The summed E-state index contributed by atoms with van der Waals surface area (Å²) in [5.41, 5.74) is 3.49. The third-order valence-corrected chi connectivity index (χ3v) is 7.59. The van der Waals surface area contributed by atoms with Gasteiger partial charge in [-0.1, -0.05) is 12.1 Å². The van der Waals surface area contributed by atoms with Crippen LogP contribution < -0.4 is 5.56 Å². The van der Waals surface area contributed by atoms with Crippen molar-refractivity contribution in [1.82, 2.24) is 30.1 Å². The monoisotopic (exact) mass is 494 g/mol. The maximum Gasteiger partial charge on any atom is 0.309 e. The number of piperidine rings is 1. The number of nitrogens with one attached hydrogen (secondary N) is 1. The van der Waals surface area contributed by atoms with Crippen LogP contribution in [0.15, 0.2) is 23.0 Å². The molecule has 10 heteroatoms. The van der Waals surface area contributed by atoms with Crippen molar-refractivity contribution < 1.29 is 14.3 Å². The summed E-state index contributed by atoms with van der Waals surface area (Å²) in [5, 5.41) is 13.6. The quantitative estimate of drug-likeness (QED) is 0.499. The Labute approximate surface area is 210 Å². The highest BCUT2D eigenvalue weighted by Gasteiger charge is 2.35. The minimum atomic E-state index is -0.445. The lowest BCUT2D eigenvalue weighted by Crippen LogP contribution is -2.42. The van der Waals surface area contributed by atoms with Crippen LogP contribution in [0.1, 0.15) is 61.2 Å². The molecule has 0 radical (unpaired) electrons. The largest absolute Gasteiger partial charge is 0.466 e. The van der Waals surface area contributed by atoms with Gasteiger partial charge in [0.25, 0.3) is 5.56 Å². The van der Waals surface area contributed by atoms with E-state index in [4.69, 9.17) is 9.47 Å². The smallest absolute Gasteiger partial charge is 0.309 e. The minimum Gasteiger partial charge on any atom is -0.466 e. The Kier molecular flexibility index (Phi) is 7.15. The zero-order valence-corrected chi connectivity index (χ0v) is 21.2. The summed E-state index contributed by atoms with van der Waals surface area (Å²) in [7, 11) is 0. The fourth-order valence-electron chi connectivity index (χ4n) is 5.42. The second-order valence-corrected chi connectivity index (χ2v) is 9.84. The highest BCUT2D eigenvalue weighted by molar-refractivity contribution is 5.83. The van der Waals surface area contributed by atoms with Crippen LogP contribution in [-0.4, -0.2) is 68.5 Å². The van der Waals surface area contributed by atoms with Crippen LogP contribution >= 0.6 is 0 Å². The number of carbonyl (C=O) groups excluding carboxylic acids is 1. The highest BCUT2D eigenvalue weighted by Crippen LogP contribution is 2.32. The predicted octanol–water partition coefficient (Wildman–Crippen LogP) is 2.67. The number of H-pyrrole nitrogens is 1. The molecule has 0 bridgehead atoms. The SMILES string of the molecule is CCOC(=O)C1CCN(C(c2cc3ccc(C)c(C)c3[nH]c2=O)c2nnnn2CC2CCCO2)CC1. The lowest BCUT2D eigenvalue weighted by atomic mass is 9.93. The van der Waals surface area contributed by atoms with E-state index in [1.807, 2.05) is 32.9 Å². The number of tetrazole rings is 1. The molecule has 4 heterocycles. The van der Waals surface area contributed by atoms with Gasteiger partial charge in [0, 0.05) is 25.3 Å². The first-order valence-electron chi connectivity index (χ1n) is 12.9. The average molecular weight is 495 g/mol. The third-order valence-electron chi connectivity index (χ3n) is 7.59. The second-order valence-electron chi connectivity index (χ2n) is 9.84. The Hall–Kier alpha value is -3.11. The summed E-state index contributed by atoms with van der Waals surface area (Å²) in [6.07, 6.45) is 3.36. The van der Waals surface area contributed by atoms with E-state index in [0.29, 0.717) is 50.5 Å². The Morgan fingerprint density at radius 1 is 1.25 bits per heavy atom. The van der Waals surface area contributed by atoms with Gasteiger partial charge in [0.15, 0.2) is 5.82 Å². The highest BCUT2D eigenvalue weighted by atomic mass is 16.5. The van der Waals surface area contributed by atoms with Crippen molar-refractivity contribution in [3.05, 3.63) is 51.1 Å². The maximum absolute atomic E-state index is 13.5. The van der Waals surface area contributed by atoms with Gasteiger partial charge in [-0.3, -0.25) is 14.5 Å². The van der Waals surface area contributed by atoms with E-state index in [2.05, 4.69) is 31.5 Å². The molecule has 2 saturated heterocycles. The Balaban J connectivity index is 1.53. The van der Waals surface area contributed by atoms with Crippen molar-refractivity contribution in [3.8, 4) is 0 Å². The fraction of sp³-hybridized carbons (Fsp3) is 0.577. The first-order chi connectivity index (χ1) is 17.5. The van der Waals surface area contributed by atoms with Crippen molar-refractivity contribution in [1.29, 1.82) is 0 Å². The molecule has 3 aromatic rings. The van der Waals surface area contributed by atoms with E-state index >= 15 is 0 Å². The van der Waals surface area contributed by atoms with Crippen LogP contribution in [0.4, 0.5) is 0 Å². The summed E-state index contributed by atoms with van der Waals surface area (Å²) in [4.78, 5) is 31.2. The van der Waals surface area contributed by atoms with Gasteiger partial charge in [-0.05, 0) is 79.5 Å². The van der Waals surface area contributed by atoms with Crippen LogP contribution in [0.5, 0.6) is 0 Å². The molecule has 2 atom stereocenters. The number of esters is 1. The first-order valence-corrected chi connectivity index (χ1v) is 12.9. The van der Waals surface area contributed by atoms with Gasteiger partial charge in [0.05, 0.1) is 30.7 Å². The molecule has 0 spiro atoms. The van der Waals surface area contributed by atoms with E-state index < -0.39 is 6.04 Å². The molecule has 2 fully saturated rings. The number of carbonyl (C=O) groups is 1. The number of nitrogens with zero attached hydrogens (tertiary/aromatic N) is 5. The van der Waals surface area contributed by atoms with Gasteiger partial charge < -0.3 is 14.5 Å². The molecule has 1 aromatic carbocycles. The van der Waals surface area contributed by atoms with E-state index in [0.717, 1.165) is 41.5 Å². The van der Waals surface area contributed by atoms with Crippen LogP contribution in [0.3, 0.4) is 0 Å². The van der Waals surface area contributed by atoms with Crippen LogP contribution in [0.2, 0.25) is 0 Å². The number of pyridine rings is 1. The number of aromatic amines is 1. The first kappa shape index (κ1) is 24.6. The lowest BCUT2D eigenvalue weighted by Gasteiger charge is -2.36. The topological polar surface area (TPSA) is 115 Å². The lowest BCUT2D eigenvalue weighted by molar-refractivity contribution is -0.149. The normalized spacial score (nSPS) is 20.1. The second kappa shape index (κ2) is 10.5. The van der Waals surface area contributed by atoms with Crippen LogP contribution in [0, 0.1) is 19.8 Å². The number of aromatic nitrogens is 5. The Bertz CT molecular complexity index is 1290. The zero-order chi connectivity index (χ0) is 25.2. The third kappa shape index (κ3) is 4.79. The molecule has 5 rings (SSSR count). The van der Waals surface area contributed by atoms with E-state index in [1.165, 1.54) is 0 Å². The van der Waals surface area contributed by atoms with Crippen LogP contribution in [0.25, 0.3) is 10.9 Å². The van der Waals surface area contributed by atoms with E-state index in [-0.39, 0.29) is 23.6 Å². The summed E-state index contributed by atoms with van der Waals surface area (Å²) in [6, 6.07) is 5.63. The van der Waals surface area contributed by atoms with Crippen molar-refractivity contribution in [3.63, 3.8) is 0 Å². The summed E-state index contributed by atoms with van der Waals surface area (Å²) >= 11 is 0. The van der Waals surface area contributed by atoms with Gasteiger partial charge in [-0.15, -0.1) is 5.10 Å². The molecule has 192 valence electrons. The number of ether oxygens (including phenoxy) is 2. The van der Waals surface area contributed by atoms with Crippen molar-refractivity contribution in [2.24, 2.45) is 5.92 Å². The predicted molar refractivity (Wildman–Crippen MR) is 134 cm³/mol. The maximum atomic E-state index is 13.5. The fourth-order valence-corrected chi connectivity index (χ4v) is 5.42. The molecular formula is C26H34N6O4. The number of likely N-dealkylation sites (tertiary alicyclic amines) is 1. The Morgan fingerprint density at radius 2 is 2.06 bits per heavy atom. The number of aryl methyl sites for hydroxylation is 2. The molecule has 2 aliphatic rings. The summed E-state index contributed by atoms with van der Waals surface area (Å²) in [6.45, 7) is 8.82. The minimum absolute atomic E-state index is 0.0583. The Morgan fingerprint density at radius 3 is 2.78 bits per heavy atom. The van der Waals surface area contributed by atoms with Gasteiger partial charge >= 0.3 is 5.97 Å². The van der Waals surface area contributed by atoms with E-state index in [9.17, 15) is 9.59 Å². The van der Waals surface area contributed by atoms with Crippen molar-refractivity contribution >= 4 is 16.9 Å². The standard InChI is InChI=1S/C26H34N6O4/c1-4-35-26(34)18-9-11-31(12-10-18)23(24-28-29-30-32(24)15-20-6-5-13-36-20)21-14-19-8-7-16(2)17(3)22(19)27-25(21)33/h7-8,14,18,20,23H,4-6,9-13,15H2,1-3H3,(H,27,33). The number of rotatable bonds is 7. The average Bonchev–Trinajstić information content (AvgIpc) is 3.56. The number of benzene rings is 1. The van der Waals surface area contributed by atoms with Crippen molar-refractivity contribution in [2.45, 2.75) is 65.1 Å². The van der Waals surface area contributed by atoms with Gasteiger partial charge in [0.1, 0.15) is 6.04 Å². The van der Waals surface area contributed by atoms with E-state index in [1.54, 1.807) is 4.68 Å².